The minimum atomic E-state index is 0.418. The van der Waals surface area contributed by atoms with E-state index in [2.05, 4.69) is 36.1 Å². The maximum Gasteiger partial charge on any atom is 0.0470 e. The Labute approximate surface area is 105 Å². The van der Waals surface area contributed by atoms with Crippen molar-refractivity contribution in [1.29, 1.82) is 0 Å². The minimum Gasteiger partial charge on any atom is -0.329 e. The molecular weight excluding hydrogens is 208 g/mol. The molecule has 2 nitrogen and oxygen atoms in total. The highest BCUT2D eigenvalue weighted by molar-refractivity contribution is 5.25. The van der Waals surface area contributed by atoms with Gasteiger partial charge >= 0.3 is 0 Å². The molecule has 0 bridgehead atoms. The molecule has 2 heteroatoms. The van der Waals surface area contributed by atoms with Gasteiger partial charge in [-0.2, -0.15) is 0 Å². The first kappa shape index (κ1) is 12.6. The van der Waals surface area contributed by atoms with Crippen molar-refractivity contribution in [2.45, 2.75) is 38.6 Å². The predicted molar refractivity (Wildman–Crippen MR) is 73.0 cm³/mol. The molecule has 2 N–H and O–H groups in total. The molecule has 1 fully saturated rings. The molecule has 1 atom stereocenters. The molecule has 1 heterocycles. The Hall–Kier alpha value is -0.860. The summed E-state index contributed by atoms with van der Waals surface area (Å²) in [4.78, 5) is 2.55. The summed E-state index contributed by atoms with van der Waals surface area (Å²) in [5, 5.41) is 0. The van der Waals surface area contributed by atoms with E-state index in [-0.39, 0.29) is 0 Å². The number of piperidine rings is 1. The Morgan fingerprint density at radius 3 is 2.29 bits per heavy atom. The first-order valence-electron chi connectivity index (χ1n) is 6.88. The number of hydrogen-bond acceptors (Lipinski definition) is 2. The standard InChI is InChI=1S/C15H24N2/c1-2-13-6-8-14(9-7-13)15(12-16)17-10-4-3-5-11-17/h6-9,15H,2-5,10-12,16H2,1H3. The van der Waals surface area contributed by atoms with Crippen molar-refractivity contribution in [1.82, 2.24) is 4.90 Å². The van der Waals surface area contributed by atoms with Gasteiger partial charge in [-0.25, -0.2) is 0 Å². The molecule has 1 unspecified atom stereocenters. The van der Waals surface area contributed by atoms with Crippen LogP contribution in [0.1, 0.15) is 43.4 Å². The van der Waals surface area contributed by atoms with Gasteiger partial charge in [-0.3, -0.25) is 4.90 Å². The van der Waals surface area contributed by atoms with Crippen LogP contribution in [0, 0.1) is 0 Å². The van der Waals surface area contributed by atoms with Crippen LogP contribution in [-0.4, -0.2) is 24.5 Å². The summed E-state index contributed by atoms with van der Waals surface area (Å²) in [6.07, 6.45) is 5.13. The van der Waals surface area contributed by atoms with E-state index in [0.29, 0.717) is 6.04 Å². The van der Waals surface area contributed by atoms with Gasteiger partial charge in [0.15, 0.2) is 0 Å². The third kappa shape index (κ3) is 3.08. The van der Waals surface area contributed by atoms with Gasteiger partial charge in [0.2, 0.25) is 0 Å². The highest BCUT2D eigenvalue weighted by atomic mass is 15.2. The van der Waals surface area contributed by atoms with Crippen molar-refractivity contribution >= 4 is 0 Å². The maximum atomic E-state index is 5.96. The Balaban J connectivity index is 2.10. The molecule has 1 aliphatic heterocycles. The minimum absolute atomic E-state index is 0.418. The van der Waals surface area contributed by atoms with Crippen molar-refractivity contribution in [3.05, 3.63) is 35.4 Å². The molecule has 0 saturated carbocycles. The molecule has 0 aliphatic carbocycles. The van der Waals surface area contributed by atoms with Gasteiger partial charge < -0.3 is 5.73 Å². The highest BCUT2D eigenvalue weighted by Gasteiger charge is 2.20. The van der Waals surface area contributed by atoms with E-state index in [1.54, 1.807) is 0 Å². The lowest BCUT2D eigenvalue weighted by molar-refractivity contribution is 0.167. The van der Waals surface area contributed by atoms with Crippen LogP contribution in [0.25, 0.3) is 0 Å². The zero-order chi connectivity index (χ0) is 12.1. The van der Waals surface area contributed by atoms with Crippen molar-refractivity contribution in [2.75, 3.05) is 19.6 Å². The number of nitrogens with two attached hydrogens (primary N) is 1. The number of aryl methyl sites for hydroxylation is 1. The molecule has 1 saturated heterocycles. The predicted octanol–water partition coefficient (Wildman–Crippen LogP) is 2.73. The lowest BCUT2D eigenvalue weighted by Crippen LogP contribution is -2.37. The second-order valence-corrected chi connectivity index (χ2v) is 4.94. The summed E-state index contributed by atoms with van der Waals surface area (Å²) in [6.45, 7) is 5.33. The fourth-order valence-corrected chi connectivity index (χ4v) is 2.70. The van der Waals surface area contributed by atoms with Gasteiger partial charge in [-0.05, 0) is 43.5 Å². The molecule has 0 amide bonds. The second-order valence-electron chi connectivity index (χ2n) is 4.94. The SMILES string of the molecule is CCc1ccc(C(CN)N2CCCCC2)cc1. The topological polar surface area (TPSA) is 29.3 Å². The Morgan fingerprint density at radius 1 is 1.12 bits per heavy atom. The third-order valence-corrected chi connectivity index (χ3v) is 3.83. The van der Waals surface area contributed by atoms with Gasteiger partial charge in [-0.1, -0.05) is 37.6 Å². The number of nitrogens with zero attached hydrogens (tertiary/aromatic N) is 1. The molecule has 0 spiro atoms. The quantitative estimate of drug-likeness (QED) is 0.865. The van der Waals surface area contributed by atoms with Crippen LogP contribution in [0.5, 0.6) is 0 Å². The molecule has 1 aliphatic rings. The molecule has 0 aromatic heterocycles. The monoisotopic (exact) mass is 232 g/mol. The van der Waals surface area contributed by atoms with Crippen LogP contribution in [0.4, 0.5) is 0 Å². The molecule has 2 rings (SSSR count). The molecule has 17 heavy (non-hydrogen) atoms. The molecular formula is C15H24N2. The van der Waals surface area contributed by atoms with Crippen molar-refractivity contribution in [3.63, 3.8) is 0 Å². The van der Waals surface area contributed by atoms with Gasteiger partial charge in [0.05, 0.1) is 0 Å². The number of hydrogen-bond donors (Lipinski definition) is 1. The molecule has 1 aromatic rings. The first-order chi connectivity index (χ1) is 8.35. The largest absolute Gasteiger partial charge is 0.329 e. The van der Waals surface area contributed by atoms with Gasteiger partial charge in [0.25, 0.3) is 0 Å². The Morgan fingerprint density at radius 2 is 1.76 bits per heavy atom. The van der Waals surface area contributed by atoms with E-state index in [0.717, 1.165) is 13.0 Å². The first-order valence-corrected chi connectivity index (χ1v) is 6.88. The van der Waals surface area contributed by atoms with Crippen LogP contribution in [-0.2, 0) is 6.42 Å². The van der Waals surface area contributed by atoms with E-state index in [1.807, 2.05) is 0 Å². The highest BCUT2D eigenvalue weighted by Crippen LogP contribution is 2.24. The van der Waals surface area contributed by atoms with Crippen LogP contribution in [0.15, 0.2) is 24.3 Å². The summed E-state index contributed by atoms with van der Waals surface area (Å²) >= 11 is 0. The summed E-state index contributed by atoms with van der Waals surface area (Å²) in [5.41, 5.74) is 8.75. The maximum absolute atomic E-state index is 5.96. The van der Waals surface area contributed by atoms with Crippen LogP contribution in [0.3, 0.4) is 0 Å². The van der Waals surface area contributed by atoms with Crippen molar-refractivity contribution in [2.24, 2.45) is 5.73 Å². The Kier molecular flexibility index (Phi) is 4.57. The van der Waals surface area contributed by atoms with E-state index < -0.39 is 0 Å². The summed E-state index contributed by atoms with van der Waals surface area (Å²) in [5.74, 6) is 0. The smallest absolute Gasteiger partial charge is 0.0470 e. The van der Waals surface area contributed by atoms with Gasteiger partial charge in [0, 0.05) is 12.6 Å². The van der Waals surface area contributed by atoms with E-state index in [1.165, 1.54) is 43.5 Å². The van der Waals surface area contributed by atoms with Crippen LogP contribution < -0.4 is 5.73 Å². The fourth-order valence-electron chi connectivity index (χ4n) is 2.70. The van der Waals surface area contributed by atoms with E-state index in [9.17, 15) is 0 Å². The number of benzene rings is 1. The van der Waals surface area contributed by atoms with E-state index >= 15 is 0 Å². The zero-order valence-electron chi connectivity index (χ0n) is 10.9. The number of likely N-dealkylation sites (tertiary alicyclic amines) is 1. The molecule has 1 aromatic carbocycles. The Bertz CT molecular complexity index is 325. The molecule has 94 valence electrons. The summed E-state index contributed by atoms with van der Waals surface area (Å²) in [6, 6.07) is 9.40. The normalized spacial score (nSPS) is 19.2. The van der Waals surface area contributed by atoms with Crippen molar-refractivity contribution in [3.8, 4) is 0 Å². The van der Waals surface area contributed by atoms with Crippen LogP contribution >= 0.6 is 0 Å². The average molecular weight is 232 g/mol. The summed E-state index contributed by atoms with van der Waals surface area (Å²) < 4.78 is 0. The zero-order valence-corrected chi connectivity index (χ0v) is 10.9. The lowest BCUT2D eigenvalue weighted by atomic mass is 10.00. The molecule has 0 radical (unpaired) electrons. The third-order valence-electron chi connectivity index (χ3n) is 3.83. The number of rotatable bonds is 4. The second kappa shape index (κ2) is 6.18. The van der Waals surface area contributed by atoms with E-state index in [4.69, 9.17) is 5.73 Å². The average Bonchev–Trinajstić information content (AvgIpc) is 2.42. The van der Waals surface area contributed by atoms with Crippen molar-refractivity contribution < 1.29 is 0 Å². The summed E-state index contributed by atoms with van der Waals surface area (Å²) in [7, 11) is 0. The lowest BCUT2D eigenvalue weighted by Gasteiger charge is -2.34. The van der Waals surface area contributed by atoms with Crippen LogP contribution in [0.2, 0.25) is 0 Å². The van der Waals surface area contributed by atoms with Gasteiger partial charge in [0.1, 0.15) is 0 Å². The fraction of sp³-hybridized carbons (Fsp3) is 0.600. The van der Waals surface area contributed by atoms with Gasteiger partial charge in [-0.15, -0.1) is 0 Å².